The van der Waals surface area contributed by atoms with Gasteiger partial charge in [-0.15, -0.1) is 10.2 Å². The van der Waals surface area contributed by atoms with Crippen LogP contribution in [0.5, 0.6) is 0 Å². The Bertz CT molecular complexity index is 1010. The van der Waals surface area contributed by atoms with Crippen molar-refractivity contribution < 1.29 is 0 Å². The fourth-order valence-electron chi connectivity index (χ4n) is 2.20. The number of nitrogens with zero attached hydrogens (tertiary/aromatic N) is 6. The number of rotatable bonds is 2. The van der Waals surface area contributed by atoms with Crippen LogP contribution in [-0.4, -0.2) is 29.6 Å². The summed E-state index contributed by atoms with van der Waals surface area (Å²) in [4.78, 5) is 0.637. The molecule has 0 aliphatic heterocycles. The number of aryl methyl sites for hydroxylation is 1. The standard InChI is InChI=1S/C13H7Cl3N6S/c1-21-10(9(16)5-17-21)11-18-19-13-22(11)20-12(23-13)7-3-2-6(14)4-8(7)15/h2-5H,1H3. The molecule has 10 heteroatoms. The summed E-state index contributed by atoms with van der Waals surface area (Å²) in [6.07, 6.45) is 1.56. The Morgan fingerprint density at radius 2 is 1.91 bits per heavy atom. The molecule has 3 aromatic heterocycles. The minimum absolute atomic E-state index is 0.487. The molecule has 0 N–H and O–H groups in total. The van der Waals surface area contributed by atoms with Crippen molar-refractivity contribution in [3.05, 3.63) is 39.5 Å². The summed E-state index contributed by atoms with van der Waals surface area (Å²) in [7, 11) is 1.78. The maximum absolute atomic E-state index is 6.25. The highest BCUT2D eigenvalue weighted by Gasteiger charge is 2.20. The molecule has 3 heterocycles. The molecule has 0 aliphatic rings. The lowest BCUT2D eigenvalue weighted by Crippen LogP contribution is -1.99. The zero-order chi connectivity index (χ0) is 16.1. The molecule has 1 aromatic carbocycles. The molecule has 0 aliphatic carbocycles. The van der Waals surface area contributed by atoms with Crippen molar-refractivity contribution in [2.24, 2.45) is 7.05 Å². The first-order chi connectivity index (χ1) is 11.0. The molecule has 0 fully saturated rings. The Balaban J connectivity index is 1.90. The second-order valence-electron chi connectivity index (χ2n) is 4.71. The van der Waals surface area contributed by atoms with Crippen molar-refractivity contribution in [3.63, 3.8) is 0 Å². The Morgan fingerprint density at radius 1 is 1.09 bits per heavy atom. The van der Waals surface area contributed by atoms with Crippen LogP contribution in [0, 0.1) is 0 Å². The molecule has 0 saturated heterocycles. The van der Waals surface area contributed by atoms with Gasteiger partial charge in [0.25, 0.3) is 0 Å². The van der Waals surface area contributed by atoms with Gasteiger partial charge >= 0.3 is 0 Å². The van der Waals surface area contributed by atoms with E-state index in [2.05, 4.69) is 20.4 Å². The van der Waals surface area contributed by atoms with Gasteiger partial charge < -0.3 is 0 Å². The lowest BCUT2D eigenvalue weighted by atomic mass is 10.2. The SMILES string of the molecule is Cn1ncc(Cl)c1-c1nnc2sc(-c3ccc(Cl)cc3Cl)nn12. The van der Waals surface area contributed by atoms with Gasteiger partial charge in [0.05, 0.1) is 16.2 Å². The van der Waals surface area contributed by atoms with Crippen LogP contribution in [0.25, 0.3) is 27.1 Å². The third-order valence-electron chi connectivity index (χ3n) is 3.26. The van der Waals surface area contributed by atoms with E-state index in [1.54, 1.807) is 34.6 Å². The van der Waals surface area contributed by atoms with Crippen molar-refractivity contribution in [2.45, 2.75) is 0 Å². The minimum atomic E-state index is 0.487. The average molecular weight is 386 g/mol. The maximum Gasteiger partial charge on any atom is 0.235 e. The molecule has 0 spiro atoms. The topological polar surface area (TPSA) is 60.9 Å². The Hall–Kier alpha value is -1.67. The van der Waals surface area contributed by atoms with Crippen molar-refractivity contribution >= 4 is 51.1 Å². The highest BCUT2D eigenvalue weighted by Crippen LogP contribution is 2.34. The second kappa shape index (κ2) is 5.45. The predicted molar refractivity (Wildman–Crippen MR) is 91.3 cm³/mol. The first-order valence-electron chi connectivity index (χ1n) is 6.40. The summed E-state index contributed by atoms with van der Waals surface area (Å²) in [5.41, 5.74) is 1.44. The summed E-state index contributed by atoms with van der Waals surface area (Å²) >= 11 is 19.7. The molecular weight excluding hydrogens is 379 g/mol. The second-order valence-corrected chi connectivity index (χ2v) is 6.92. The van der Waals surface area contributed by atoms with E-state index in [1.165, 1.54) is 11.3 Å². The van der Waals surface area contributed by atoms with E-state index in [0.29, 0.717) is 31.5 Å². The molecule has 0 bridgehead atoms. The van der Waals surface area contributed by atoms with Crippen LogP contribution in [0.4, 0.5) is 0 Å². The number of hydrogen-bond acceptors (Lipinski definition) is 5. The summed E-state index contributed by atoms with van der Waals surface area (Å²) in [5, 5.41) is 19.3. The van der Waals surface area contributed by atoms with Crippen LogP contribution in [0.3, 0.4) is 0 Å². The first kappa shape index (κ1) is 14.9. The number of benzene rings is 1. The van der Waals surface area contributed by atoms with Crippen molar-refractivity contribution in [2.75, 3.05) is 0 Å². The van der Waals surface area contributed by atoms with Crippen molar-refractivity contribution in [1.82, 2.24) is 29.6 Å². The fraction of sp³-hybridized carbons (Fsp3) is 0.0769. The van der Waals surface area contributed by atoms with Gasteiger partial charge in [-0.05, 0) is 18.2 Å². The Labute approximate surface area is 149 Å². The van der Waals surface area contributed by atoms with Gasteiger partial charge in [0.1, 0.15) is 10.7 Å². The molecule has 0 unspecified atom stereocenters. The third-order valence-corrected chi connectivity index (χ3v) is 5.01. The highest BCUT2D eigenvalue weighted by atomic mass is 35.5. The lowest BCUT2D eigenvalue weighted by molar-refractivity contribution is 0.764. The molecule has 4 rings (SSSR count). The molecule has 4 aromatic rings. The van der Waals surface area contributed by atoms with Crippen LogP contribution in [0.1, 0.15) is 0 Å². The van der Waals surface area contributed by atoms with E-state index in [-0.39, 0.29) is 0 Å². The predicted octanol–water partition coefficient (Wildman–Crippen LogP) is 4.21. The van der Waals surface area contributed by atoms with Gasteiger partial charge in [-0.1, -0.05) is 46.1 Å². The van der Waals surface area contributed by atoms with Crippen LogP contribution in [0.15, 0.2) is 24.4 Å². The number of fused-ring (bicyclic) bond motifs is 1. The molecule has 0 amide bonds. The quantitative estimate of drug-likeness (QED) is 0.518. The lowest BCUT2D eigenvalue weighted by Gasteiger charge is -2.00. The van der Waals surface area contributed by atoms with E-state index in [9.17, 15) is 0 Å². The Morgan fingerprint density at radius 3 is 2.61 bits per heavy atom. The van der Waals surface area contributed by atoms with Gasteiger partial charge in [-0.25, -0.2) is 0 Å². The normalized spacial score (nSPS) is 11.5. The van der Waals surface area contributed by atoms with Crippen molar-refractivity contribution in [1.29, 1.82) is 0 Å². The van der Waals surface area contributed by atoms with Gasteiger partial charge in [0, 0.05) is 17.6 Å². The average Bonchev–Trinajstić information content (AvgIpc) is 3.15. The van der Waals surface area contributed by atoms with Gasteiger partial charge in [0.2, 0.25) is 10.8 Å². The number of hydrogen-bond donors (Lipinski definition) is 0. The molecule has 0 saturated carbocycles. The maximum atomic E-state index is 6.25. The molecule has 6 nitrogen and oxygen atoms in total. The van der Waals surface area contributed by atoms with Crippen LogP contribution in [-0.2, 0) is 7.05 Å². The van der Waals surface area contributed by atoms with E-state index >= 15 is 0 Å². The molecular formula is C13H7Cl3N6S. The highest BCUT2D eigenvalue weighted by molar-refractivity contribution is 7.19. The van der Waals surface area contributed by atoms with Gasteiger partial charge in [0.15, 0.2) is 0 Å². The summed E-state index contributed by atoms with van der Waals surface area (Å²) in [5.74, 6) is 0.526. The molecule has 0 atom stereocenters. The Kier molecular flexibility index (Phi) is 3.53. The first-order valence-corrected chi connectivity index (χ1v) is 8.35. The summed E-state index contributed by atoms with van der Waals surface area (Å²) in [6.45, 7) is 0. The van der Waals surface area contributed by atoms with Crippen LogP contribution in [0.2, 0.25) is 15.1 Å². The summed E-state index contributed by atoms with van der Waals surface area (Å²) < 4.78 is 3.26. The smallest absolute Gasteiger partial charge is 0.235 e. The monoisotopic (exact) mass is 384 g/mol. The number of halogens is 3. The third kappa shape index (κ3) is 2.40. The molecule has 0 radical (unpaired) electrons. The van der Waals surface area contributed by atoms with Gasteiger partial charge in [-0.3, -0.25) is 4.68 Å². The van der Waals surface area contributed by atoms with E-state index in [0.717, 1.165) is 10.6 Å². The van der Waals surface area contributed by atoms with Crippen LogP contribution < -0.4 is 0 Å². The summed E-state index contributed by atoms with van der Waals surface area (Å²) in [6, 6.07) is 5.27. The van der Waals surface area contributed by atoms with Crippen LogP contribution >= 0.6 is 46.1 Å². The van der Waals surface area contributed by atoms with E-state index < -0.39 is 0 Å². The van der Waals surface area contributed by atoms with Gasteiger partial charge in [-0.2, -0.15) is 14.7 Å². The zero-order valence-electron chi connectivity index (χ0n) is 11.5. The van der Waals surface area contributed by atoms with E-state index in [1.807, 2.05) is 6.07 Å². The fourth-order valence-corrected chi connectivity index (χ4v) is 3.88. The molecule has 116 valence electrons. The number of aromatic nitrogens is 6. The van der Waals surface area contributed by atoms with E-state index in [4.69, 9.17) is 34.8 Å². The largest absolute Gasteiger partial charge is 0.263 e. The van der Waals surface area contributed by atoms with Crippen molar-refractivity contribution in [3.8, 4) is 22.1 Å². The zero-order valence-corrected chi connectivity index (χ0v) is 14.6. The molecule has 23 heavy (non-hydrogen) atoms. The minimum Gasteiger partial charge on any atom is -0.263 e.